The number of unbranched alkanes of at least 4 members (excludes halogenated alkanes) is 57. The Bertz CT molecular complexity index is 2070. The van der Waals surface area contributed by atoms with Gasteiger partial charge in [-0.3, -0.25) is 37.3 Å². The molecule has 3 unspecified atom stereocenters. The van der Waals surface area contributed by atoms with Crippen LogP contribution in [0.5, 0.6) is 0 Å². The van der Waals surface area contributed by atoms with Crippen LogP contribution in [0.3, 0.4) is 0 Å². The first-order chi connectivity index (χ1) is 52.4. The molecule has 0 aromatic heterocycles. The summed E-state index contributed by atoms with van der Waals surface area (Å²) in [5.41, 5.74) is 0. The van der Waals surface area contributed by atoms with Crippen LogP contribution < -0.4 is 0 Å². The lowest BCUT2D eigenvalue weighted by molar-refractivity contribution is -0.161. The summed E-state index contributed by atoms with van der Waals surface area (Å²) < 4.78 is 69.0. The number of aliphatic hydroxyl groups excluding tert-OH is 1. The van der Waals surface area contributed by atoms with Crippen molar-refractivity contribution >= 4 is 39.5 Å². The van der Waals surface area contributed by atoms with E-state index in [0.29, 0.717) is 25.7 Å². The second-order valence-corrected chi connectivity index (χ2v) is 35.6. The van der Waals surface area contributed by atoms with Gasteiger partial charge in [-0.2, -0.15) is 0 Å². The SMILES string of the molecule is CCCCCCCCCCCCCCCCCCCCCC(=O)OC[C@H](COP(=O)(O)OC[C@@H](O)COP(=O)(O)OC[C@@H](COC(=O)CCCCCCCCCCCCCCC)OC(=O)CCCCCCCCCCCCCC(C)C)OC(=O)CCCCCCCCCCCCCCCCCCCCC(C)CC. The summed E-state index contributed by atoms with van der Waals surface area (Å²) >= 11 is 0. The number of esters is 4. The predicted octanol–water partition coefficient (Wildman–Crippen LogP) is 27.4. The van der Waals surface area contributed by atoms with Gasteiger partial charge in [0.2, 0.25) is 0 Å². The molecule has 0 aliphatic carbocycles. The van der Waals surface area contributed by atoms with Crippen LogP contribution in [-0.4, -0.2) is 96.7 Å². The molecule has 0 rings (SSSR count). The van der Waals surface area contributed by atoms with E-state index in [-0.39, 0.29) is 25.7 Å². The van der Waals surface area contributed by atoms with Crippen LogP contribution in [0.25, 0.3) is 0 Å². The Kier molecular flexibility index (Phi) is 78.8. The Morgan fingerprint density at radius 3 is 0.704 bits per heavy atom. The molecule has 0 aromatic rings. The van der Waals surface area contributed by atoms with Gasteiger partial charge in [0.1, 0.15) is 19.3 Å². The molecule has 108 heavy (non-hydrogen) atoms. The van der Waals surface area contributed by atoms with Crippen LogP contribution in [0.1, 0.15) is 478 Å². The standard InChI is InChI=1S/C89H174O17P2/c1-7-10-12-14-16-18-20-22-23-24-25-29-32-36-42-48-54-60-66-72-87(92)100-77-84(105-88(93)73-67-61-55-49-43-37-33-30-27-26-28-31-35-40-46-52-58-64-70-82(6)9-3)79-103-107(95,96)101-75-83(90)76-102-108(97,98)104-80-85(78-99-86(91)71-65-59-53-47-41-34-21-19-17-15-13-11-8-2)106-89(94)74-68-62-56-50-44-38-39-45-51-57-63-69-81(4)5/h81-85,90H,7-80H2,1-6H3,(H,95,96)(H,97,98)/t82?,83-,84-,85-/m1/s1. The fourth-order valence-corrected chi connectivity index (χ4v) is 15.5. The number of hydrogen-bond donors (Lipinski definition) is 3. The number of phosphoric ester groups is 2. The Morgan fingerprint density at radius 1 is 0.269 bits per heavy atom. The third-order valence-corrected chi connectivity index (χ3v) is 23.2. The molecule has 0 radical (unpaired) electrons. The molecule has 0 bridgehead atoms. The topological polar surface area (TPSA) is 237 Å². The molecular formula is C89H174O17P2. The van der Waals surface area contributed by atoms with E-state index in [4.69, 9.17) is 37.0 Å². The minimum Gasteiger partial charge on any atom is -0.462 e. The molecule has 0 spiro atoms. The number of aliphatic hydroxyl groups is 1. The minimum atomic E-state index is -4.97. The molecule has 17 nitrogen and oxygen atoms in total. The number of ether oxygens (including phenoxy) is 4. The van der Waals surface area contributed by atoms with Crippen LogP contribution in [0.2, 0.25) is 0 Å². The van der Waals surface area contributed by atoms with Crippen molar-refractivity contribution in [2.45, 2.75) is 496 Å². The second-order valence-electron chi connectivity index (χ2n) is 32.7. The van der Waals surface area contributed by atoms with E-state index < -0.39 is 97.5 Å². The maximum Gasteiger partial charge on any atom is 0.472 e. The summed E-state index contributed by atoms with van der Waals surface area (Å²) in [6.45, 7) is 9.76. The average molecular weight is 1580 g/mol. The molecule has 0 amide bonds. The molecule has 3 N–H and O–H groups in total. The van der Waals surface area contributed by atoms with E-state index in [0.717, 1.165) is 102 Å². The summed E-state index contributed by atoms with van der Waals surface area (Å²) in [4.78, 5) is 73.4. The molecule has 0 heterocycles. The highest BCUT2D eigenvalue weighted by atomic mass is 31.2. The van der Waals surface area contributed by atoms with Gasteiger partial charge in [-0.1, -0.05) is 427 Å². The Hall–Kier alpha value is -1.94. The number of hydrogen-bond acceptors (Lipinski definition) is 15. The van der Waals surface area contributed by atoms with Crippen molar-refractivity contribution in [2.24, 2.45) is 11.8 Å². The van der Waals surface area contributed by atoms with Crippen LogP contribution >= 0.6 is 15.6 Å². The van der Waals surface area contributed by atoms with Crippen molar-refractivity contribution in [1.82, 2.24) is 0 Å². The minimum absolute atomic E-state index is 0.107. The van der Waals surface area contributed by atoms with Crippen LogP contribution in [0.4, 0.5) is 0 Å². The number of carbonyl (C=O) groups is 4. The van der Waals surface area contributed by atoms with Gasteiger partial charge in [-0.15, -0.1) is 0 Å². The van der Waals surface area contributed by atoms with Crippen LogP contribution in [0, 0.1) is 11.8 Å². The average Bonchev–Trinajstić information content (AvgIpc) is 0.898. The molecule has 642 valence electrons. The predicted molar refractivity (Wildman–Crippen MR) is 446 cm³/mol. The lowest BCUT2D eigenvalue weighted by Gasteiger charge is -2.21. The van der Waals surface area contributed by atoms with Gasteiger partial charge in [-0.05, 0) is 37.5 Å². The van der Waals surface area contributed by atoms with Gasteiger partial charge in [0.05, 0.1) is 26.4 Å². The van der Waals surface area contributed by atoms with Gasteiger partial charge in [-0.25, -0.2) is 9.13 Å². The molecule has 0 saturated heterocycles. The fraction of sp³-hybridized carbons (Fsp3) is 0.955. The smallest absolute Gasteiger partial charge is 0.462 e. The monoisotopic (exact) mass is 1580 g/mol. The Labute approximate surface area is 664 Å². The number of rotatable bonds is 88. The fourth-order valence-electron chi connectivity index (χ4n) is 13.9. The zero-order valence-corrected chi connectivity index (χ0v) is 73.0. The second kappa shape index (κ2) is 80.3. The number of phosphoric acid groups is 2. The van der Waals surface area contributed by atoms with Gasteiger partial charge >= 0.3 is 39.5 Å². The summed E-state index contributed by atoms with van der Waals surface area (Å²) in [5.74, 6) is -0.461. The lowest BCUT2D eigenvalue weighted by Crippen LogP contribution is -2.30. The summed E-state index contributed by atoms with van der Waals surface area (Å²) in [6.07, 6.45) is 73.5. The quantitative estimate of drug-likeness (QED) is 0.0222. The third-order valence-electron chi connectivity index (χ3n) is 21.3. The summed E-state index contributed by atoms with van der Waals surface area (Å²) in [7, 11) is -9.93. The van der Waals surface area contributed by atoms with Crippen LogP contribution in [0.15, 0.2) is 0 Å². The van der Waals surface area contributed by atoms with Crippen molar-refractivity contribution in [3.05, 3.63) is 0 Å². The lowest BCUT2D eigenvalue weighted by atomic mass is 9.99. The van der Waals surface area contributed by atoms with Crippen molar-refractivity contribution in [3.63, 3.8) is 0 Å². The summed E-state index contributed by atoms with van der Waals surface area (Å²) in [6, 6.07) is 0. The van der Waals surface area contributed by atoms with Gasteiger partial charge in [0.15, 0.2) is 12.2 Å². The highest BCUT2D eigenvalue weighted by Crippen LogP contribution is 2.45. The molecular weight excluding hydrogens is 1400 g/mol. The first kappa shape index (κ1) is 106. The molecule has 19 heteroatoms. The zero-order chi connectivity index (χ0) is 79.2. The van der Waals surface area contributed by atoms with E-state index in [1.54, 1.807) is 0 Å². The molecule has 0 aliphatic heterocycles. The molecule has 0 saturated carbocycles. The van der Waals surface area contributed by atoms with E-state index in [9.17, 15) is 43.2 Å². The van der Waals surface area contributed by atoms with E-state index in [1.807, 2.05) is 0 Å². The van der Waals surface area contributed by atoms with Gasteiger partial charge in [0.25, 0.3) is 0 Å². The van der Waals surface area contributed by atoms with Gasteiger partial charge < -0.3 is 33.8 Å². The Morgan fingerprint density at radius 2 is 0.472 bits per heavy atom. The molecule has 6 atom stereocenters. The normalized spacial score (nSPS) is 14.0. The van der Waals surface area contributed by atoms with Crippen molar-refractivity contribution < 1.29 is 80.2 Å². The van der Waals surface area contributed by atoms with Crippen LogP contribution in [-0.2, 0) is 65.4 Å². The molecule has 0 fully saturated rings. The number of carbonyl (C=O) groups excluding carboxylic acids is 4. The maximum absolute atomic E-state index is 13.2. The van der Waals surface area contributed by atoms with Gasteiger partial charge in [0, 0.05) is 25.7 Å². The van der Waals surface area contributed by atoms with E-state index in [1.165, 1.54) is 295 Å². The van der Waals surface area contributed by atoms with Crippen molar-refractivity contribution in [1.29, 1.82) is 0 Å². The highest BCUT2D eigenvalue weighted by Gasteiger charge is 2.31. The highest BCUT2D eigenvalue weighted by molar-refractivity contribution is 7.47. The van der Waals surface area contributed by atoms with E-state index in [2.05, 4.69) is 41.5 Å². The Balaban J connectivity index is 5.24. The summed E-state index contributed by atoms with van der Waals surface area (Å²) in [5, 5.41) is 10.7. The third kappa shape index (κ3) is 80.7. The van der Waals surface area contributed by atoms with Crippen molar-refractivity contribution in [3.8, 4) is 0 Å². The van der Waals surface area contributed by atoms with E-state index >= 15 is 0 Å². The first-order valence-corrected chi connectivity index (χ1v) is 49.0. The van der Waals surface area contributed by atoms with Crippen molar-refractivity contribution in [2.75, 3.05) is 39.6 Å². The maximum atomic E-state index is 13.2. The molecule has 0 aliphatic rings. The molecule has 0 aromatic carbocycles. The largest absolute Gasteiger partial charge is 0.472 e. The first-order valence-electron chi connectivity index (χ1n) is 46.0. The zero-order valence-electron chi connectivity index (χ0n) is 71.2.